The Morgan fingerprint density at radius 1 is 1.17 bits per heavy atom. The van der Waals surface area contributed by atoms with Gasteiger partial charge in [0, 0.05) is 25.1 Å². The van der Waals surface area contributed by atoms with Gasteiger partial charge in [0.15, 0.2) is 0 Å². The van der Waals surface area contributed by atoms with Gasteiger partial charge in [-0.2, -0.15) is 0 Å². The van der Waals surface area contributed by atoms with E-state index < -0.39 is 10.0 Å². The molecule has 2 heterocycles. The van der Waals surface area contributed by atoms with E-state index in [-0.39, 0.29) is 11.9 Å². The quantitative estimate of drug-likeness (QED) is 0.754. The summed E-state index contributed by atoms with van der Waals surface area (Å²) in [5.41, 5.74) is 0.913. The molecule has 0 radical (unpaired) electrons. The number of pyridine rings is 1. The van der Waals surface area contributed by atoms with Crippen molar-refractivity contribution in [2.75, 3.05) is 30.8 Å². The summed E-state index contributed by atoms with van der Waals surface area (Å²) in [4.78, 5) is 4.48. The number of anilines is 1. The molecule has 2 aromatic rings. The molecule has 1 aliphatic rings. The number of sulfonamides is 1. The highest BCUT2D eigenvalue weighted by molar-refractivity contribution is 7.89. The monoisotopic (exact) mass is 335 g/mol. The van der Waals surface area contributed by atoms with Crippen LogP contribution in [0.4, 0.5) is 5.82 Å². The Kier molecular flexibility index (Phi) is 5.09. The predicted molar refractivity (Wildman–Crippen MR) is 91.0 cm³/mol. The Balaban J connectivity index is 1.46. The van der Waals surface area contributed by atoms with Crippen LogP contribution in [-0.2, 0) is 14.8 Å². The fourth-order valence-corrected chi connectivity index (χ4v) is 3.92. The largest absolute Gasteiger partial charge is 0.377 e. The zero-order valence-corrected chi connectivity index (χ0v) is 13.7. The van der Waals surface area contributed by atoms with E-state index in [1.54, 1.807) is 0 Å². The molecular formula is C16H21N3O3S. The van der Waals surface area contributed by atoms with Gasteiger partial charge < -0.3 is 10.1 Å². The van der Waals surface area contributed by atoms with Gasteiger partial charge >= 0.3 is 0 Å². The molecule has 1 aliphatic heterocycles. The lowest BCUT2D eigenvalue weighted by Gasteiger charge is -2.12. The maximum Gasteiger partial charge on any atom is 0.214 e. The molecule has 1 atom stereocenters. The molecule has 6 nitrogen and oxygen atoms in total. The molecule has 124 valence electrons. The fourth-order valence-electron chi connectivity index (χ4n) is 2.64. The van der Waals surface area contributed by atoms with Crippen molar-refractivity contribution in [1.29, 1.82) is 0 Å². The van der Waals surface area contributed by atoms with Crippen LogP contribution in [0.1, 0.15) is 12.8 Å². The van der Waals surface area contributed by atoms with Crippen LogP contribution >= 0.6 is 0 Å². The smallest absolute Gasteiger partial charge is 0.214 e. The second kappa shape index (κ2) is 7.25. The first-order chi connectivity index (χ1) is 11.1. The van der Waals surface area contributed by atoms with Crippen molar-refractivity contribution in [3.8, 4) is 0 Å². The van der Waals surface area contributed by atoms with Crippen LogP contribution in [0, 0.1) is 0 Å². The molecule has 0 amide bonds. The number of nitrogens with zero attached hydrogens (tertiary/aromatic N) is 1. The first-order valence-corrected chi connectivity index (χ1v) is 9.46. The minimum atomic E-state index is -3.29. The average molecular weight is 335 g/mol. The van der Waals surface area contributed by atoms with Gasteiger partial charge in [-0.25, -0.2) is 18.1 Å². The van der Waals surface area contributed by atoms with Gasteiger partial charge in [0.25, 0.3) is 0 Å². The lowest BCUT2D eigenvalue weighted by molar-refractivity contribution is 0.127. The van der Waals surface area contributed by atoms with Crippen LogP contribution in [-0.4, -0.2) is 45.0 Å². The van der Waals surface area contributed by atoms with Crippen molar-refractivity contribution >= 4 is 26.7 Å². The summed E-state index contributed by atoms with van der Waals surface area (Å²) in [7, 11) is -3.29. The number of para-hydroxylation sites is 1. The van der Waals surface area contributed by atoms with Crippen molar-refractivity contribution in [2.24, 2.45) is 0 Å². The average Bonchev–Trinajstić information content (AvgIpc) is 3.03. The number of fused-ring (bicyclic) bond motifs is 1. The zero-order chi connectivity index (χ0) is 16.1. The van der Waals surface area contributed by atoms with Crippen LogP contribution in [0.2, 0.25) is 0 Å². The summed E-state index contributed by atoms with van der Waals surface area (Å²) in [5, 5.41) is 4.21. The van der Waals surface area contributed by atoms with Crippen molar-refractivity contribution in [1.82, 2.24) is 9.71 Å². The number of hydrogen-bond donors (Lipinski definition) is 2. The van der Waals surface area contributed by atoms with Gasteiger partial charge in [0.05, 0.1) is 17.4 Å². The van der Waals surface area contributed by atoms with Gasteiger partial charge in [0.2, 0.25) is 10.0 Å². The highest BCUT2D eigenvalue weighted by Crippen LogP contribution is 2.14. The molecule has 1 aromatic heterocycles. The number of benzene rings is 1. The first-order valence-electron chi connectivity index (χ1n) is 7.81. The SMILES string of the molecule is O=S(=O)(C[C@H]1CCCO1)NCCNc1ccc2ccccc2n1. The summed E-state index contributed by atoms with van der Waals surface area (Å²) in [6, 6.07) is 11.8. The van der Waals surface area contributed by atoms with E-state index in [0.29, 0.717) is 19.7 Å². The normalized spacial score (nSPS) is 18.3. The van der Waals surface area contributed by atoms with Crippen molar-refractivity contribution in [2.45, 2.75) is 18.9 Å². The van der Waals surface area contributed by atoms with Crippen LogP contribution in [0.15, 0.2) is 36.4 Å². The third kappa shape index (κ3) is 4.63. The molecule has 3 rings (SSSR count). The molecule has 0 unspecified atom stereocenters. The first kappa shape index (κ1) is 16.2. The second-order valence-electron chi connectivity index (χ2n) is 5.63. The van der Waals surface area contributed by atoms with Crippen LogP contribution in [0.25, 0.3) is 10.9 Å². The summed E-state index contributed by atoms with van der Waals surface area (Å²) >= 11 is 0. The topological polar surface area (TPSA) is 80.3 Å². The summed E-state index contributed by atoms with van der Waals surface area (Å²) in [5.74, 6) is 0.781. The molecule has 1 aromatic carbocycles. The molecule has 0 saturated carbocycles. The Bertz CT molecular complexity index is 758. The van der Waals surface area contributed by atoms with E-state index >= 15 is 0 Å². The lowest BCUT2D eigenvalue weighted by Crippen LogP contribution is -2.34. The number of nitrogens with one attached hydrogen (secondary N) is 2. The summed E-state index contributed by atoms with van der Waals surface area (Å²) in [6.45, 7) is 1.47. The molecule has 0 spiro atoms. The highest BCUT2D eigenvalue weighted by Gasteiger charge is 2.22. The molecule has 0 bridgehead atoms. The molecule has 1 fully saturated rings. The Labute approximate surface area is 136 Å². The Morgan fingerprint density at radius 3 is 2.87 bits per heavy atom. The summed E-state index contributed by atoms with van der Waals surface area (Å²) < 4.78 is 31.8. The lowest BCUT2D eigenvalue weighted by atomic mass is 10.2. The zero-order valence-electron chi connectivity index (χ0n) is 12.9. The van der Waals surface area contributed by atoms with E-state index in [0.717, 1.165) is 29.6 Å². The third-order valence-electron chi connectivity index (χ3n) is 3.78. The van der Waals surface area contributed by atoms with E-state index in [1.165, 1.54) is 0 Å². The van der Waals surface area contributed by atoms with Gasteiger partial charge in [-0.1, -0.05) is 18.2 Å². The van der Waals surface area contributed by atoms with Gasteiger partial charge in [-0.05, 0) is 31.0 Å². The van der Waals surface area contributed by atoms with Crippen LogP contribution in [0.5, 0.6) is 0 Å². The fraction of sp³-hybridized carbons (Fsp3) is 0.438. The highest BCUT2D eigenvalue weighted by atomic mass is 32.2. The standard InChI is InChI=1S/C16H21N3O3S/c20-23(21,12-14-5-3-11-22-14)18-10-9-17-16-8-7-13-4-1-2-6-15(13)19-16/h1-2,4,6-8,14,18H,3,5,9-12H2,(H,17,19)/t14-/m1/s1. The minimum absolute atomic E-state index is 0.0429. The van der Waals surface area contributed by atoms with E-state index in [4.69, 9.17) is 4.74 Å². The molecule has 1 saturated heterocycles. The van der Waals surface area contributed by atoms with E-state index in [2.05, 4.69) is 15.0 Å². The van der Waals surface area contributed by atoms with Crippen molar-refractivity contribution < 1.29 is 13.2 Å². The summed E-state index contributed by atoms with van der Waals surface area (Å²) in [6.07, 6.45) is 1.60. The molecular weight excluding hydrogens is 314 g/mol. The maximum absolute atomic E-state index is 11.9. The van der Waals surface area contributed by atoms with Crippen LogP contribution in [0.3, 0.4) is 0 Å². The molecule has 0 aliphatic carbocycles. The number of ether oxygens (including phenoxy) is 1. The third-order valence-corrected chi connectivity index (χ3v) is 5.24. The minimum Gasteiger partial charge on any atom is -0.377 e. The molecule has 2 N–H and O–H groups in total. The van der Waals surface area contributed by atoms with E-state index in [1.807, 2.05) is 36.4 Å². The Hall–Kier alpha value is -1.70. The van der Waals surface area contributed by atoms with Crippen LogP contribution < -0.4 is 10.0 Å². The predicted octanol–water partition coefficient (Wildman–Crippen LogP) is 1.75. The number of aromatic nitrogens is 1. The maximum atomic E-state index is 11.9. The number of rotatable bonds is 7. The van der Waals surface area contributed by atoms with Gasteiger partial charge in [-0.15, -0.1) is 0 Å². The second-order valence-corrected chi connectivity index (χ2v) is 7.48. The van der Waals surface area contributed by atoms with Gasteiger partial charge in [0.1, 0.15) is 5.82 Å². The van der Waals surface area contributed by atoms with Crippen molar-refractivity contribution in [3.05, 3.63) is 36.4 Å². The number of hydrogen-bond acceptors (Lipinski definition) is 5. The Morgan fingerprint density at radius 2 is 2.04 bits per heavy atom. The molecule has 23 heavy (non-hydrogen) atoms. The molecule has 7 heteroatoms. The van der Waals surface area contributed by atoms with E-state index in [9.17, 15) is 8.42 Å². The van der Waals surface area contributed by atoms with Gasteiger partial charge in [-0.3, -0.25) is 0 Å². The van der Waals surface area contributed by atoms with Crippen molar-refractivity contribution in [3.63, 3.8) is 0 Å².